The van der Waals surface area contributed by atoms with Crippen LogP contribution in [0.3, 0.4) is 0 Å². The lowest BCUT2D eigenvalue weighted by Crippen LogP contribution is -2.59. The smallest absolute Gasteiger partial charge is 0.222 e. The molecule has 3 aliphatic rings. The molecule has 2 aliphatic carbocycles. The number of carbonyl (C=O) groups is 1. The van der Waals surface area contributed by atoms with Crippen LogP contribution in [0.1, 0.15) is 51.2 Å². The molecule has 1 unspecified atom stereocenters. The number of fused-ring (bicyclic) bond motifs is 2. The number of carbonyl (C=O) groups excluding carboxylic acids is 1. The van der Waals surface area contributed by atoms with Crippen LogP contribution in [0, 0.1) is 22.7 Å². The number of amides is 1. The van der Waals surface area contributed by atoms with Crippen LogP contribution in [0.15, 0.2) is 36.4 Å². The van der Waals surface area contributed by atoms with E-state index in [2.05, 4.69) is 25.2 Å². The van der Waals surface area contributed by atoms with Crippen molar-refractivity contribution in [2.45, 2.75) is 51.7 Å². The molecule has 1 spiro atoms. The maximum Gasteiger partial charge on any atom is 0.222 e. The normalized spacial score (nSPS) is 33.4. The molecule has 2 aromatic carbocycles. The molecule has 2 aromatic rings. The fourth-order valence-corrected chi connectivity index (χ4v) is 7.08. The molecule has 1 heterocycles. The highest BCUT2D eigenvalue weighted by Gasteiger charge is 2.68. The molecule has 2 N–H and O–H groups in total. The maximum atomic E-state index is 12.7. The molecule has 0 radical (unpaired) electrons. The average Bonchev–Trinajstić information content (AvgIpc) is 3.25. The molecule has 31 heavy (non-hydrogen) atoms. The Labute approximate surface area is 184 Å². The van der Waals surface area contributed by atoms with Gasteiger partial charge in [0.05, 0.1) is 12.7 Å². The first-order chi connectivity index (χ1) is 14.9. The van der Waals surface area contributed by atoms with E-state index < -0.39 is 0 Å². The molecular formula is C26H33NO4. The van der Waals surface area contributed by atoms with Crippen molar-refractivity contribution in [1.29, 1.82) is 0 Å². The number of aromatic hydroxyl groups is 1. The molecule has 5 atom stereocenters. The van der Waals surface area contributed by atoms with Gasteiger partial charge in [-0.05, 0) is 58.9 Å². The summed E-state index contributed by atoms with van der Waals surface area (Å²) in [5, 5.41) is 15.7. The number of phenols is 1. The molecule has 2 saturated carbocycles. The fourth-order valence-electron chi connectivity index (χ4n) is 7.08. The Hall–Kier alpha value is -2.11. The van der Waals surface area contributed by atoms with Crippen LogP contribution < -0.4 is 5.32 Å². The Balaban J connectivity index is 1.52. The van der Waals surface area contributed by atoms with E-state index in [9.17, 15) is 9.90 Å². The summed E-state index contributed by atoms with van der Waals surface area (Å²) >= 11 is 0. The van der Waals surface area contributed by atoms with Crippen molar-refractivity contribution in [3.05, 3.63) is 42.0 Å². The van der Waals surface area contributed by atoms with Crippen LogP contribution in [0.25, 0.3) is 10.8 Å². The number of methoxy groups -OCH3 is 1. The minimum atomic E-state index is -0.0151. The number of hydrogen-bond acceptors (Lipinski definition) is 4. The minimum absolute atomic E-state index is 0.0151. The lowest BCUT2D eigenvalue weighted by molar-refractivity contribution is -0.137. The molecule has 2 bridgehead atoms. The van der Waals surface area contributed by atoms with Gasteiger partial charge in [0, 0.05) is 31.6 Å². The molecule has 5 heteroatoms. The number of benzene rings is 2. The zero-order valence-electron chi connectivity index (χ0n) is 18.7. The lowest BCUT2D eigenvalue weighted by Gasteiger charge is -2.53. The zero-order chi connectivity index (χ0) is 21.8. The molecular weight excluding hydrogens is 390 g/mol. The fraction of sp³-hybridized carbons (Fsp3) is 0.577. The first-order valence-electron chi connectivity index (χ1n) is 11.5. The Morgan fingerprint density at radius 3 is 2.77 bits per heavy atom. The topological polar surface area (TPSA) is 67.8 Å². The van der Waals surface area contributed by atoms with Crippen LogP contribution in [0.5, 0.6) is 5.75 Å². The van der Waals surface area contributed by atoms with E-state index >= 15 is 0 Å². The quantitative estimate of drug-likeness (QED) is 0.739. The molecule has 1 aliphatic heterocycles. The number of nitrogens with one attached hydrogen (secondary N) is 1. The summed E-state index contributed by atoms with van der Waals surface area (Å²) in [7, 11) is 1.63. The predicted molar refractivity (Wildman–Crippen MR) is 120 cm³/mol. The van der Waals surface area contributed by atoms with Gasteiger partial charge in [-0.15, -0.1) is 0 Å². The van der Waals surface area contributed by atoms with Gasteiger partial charge in [-0.3, -0.25) is 4.79 Å². The van der Waals surface area contributed by atoms with Crippen LogP contribution in [-0.4, -0.2) is 37.4 Å². The number of rotatable bonds is 5. The monoisotopic (exact) mass is 423 g/mol. The van der Waals surface area contributed by atoms with E-state index in [-0.39, 0.29) is 28.9 Å². The molecule has 5 rings (SSSR count). The van der Waals surface area contributed by atoms with Crippen molar-refractivity contribution in [2.75, 3.05) is 20.3 Å². The van der Waals surface area contributed by atoms with Crippen LogP contribution >= 0.6 is 0 Å². The van der Waals surface area contributed by atoms with Gasteiger partial charge in [-0.2, -0.15) is 0 Å². The van der Waals surface area contributed by atoms with Gasteiger partial charge >= 0.3 is 0 Å². The van der Waals surface area contributed by atoms with Crippen molar-refractivity contribution in [3.63, 3.8) is 0 Å². The molecule has 1 saturated heterocycles. The molecule has 1 amide bonds. The number of hydrogen-bond donors (Lipinski definition) is 2. The second kappa shape index (κ2) is 7.49. The summed E-state index contributed by atoms with van der Waals surface area (Å²) in [5.41, 5.74) is 1.28. The molecule has 0 aromatic heterocycles. The summed E-state index contributed by atoms with van der Waals surface area (Å²) in [6.07, 6.45) is 3.64. The van der Waals surface area contributed by atoms with E-state index in [1.54, 1.807) is 13.2 Å². The van der Waals surface area contributed by atoms with Crippen molar-refractivity contribution >= 4 is 16.7 Å². The standard InChI is InChI=1S/C26H33NO4/c1-25(2)16-14-20-23(19-8-9-21(28)18-7-5-4-6-17(18)19)31-13-11-26(20,15-16)24(25)27-22(29)10-12-30-3/h4-9,16,20,23-24,28H,10-15H2,1-3H3,(H,27,29)/t16-,20-,23-,24+,26?/m1/s1. The number of ether oxygens (including phenoxy) is 2. The zero-order valence-corrected chi connectivity index (χ0v) is 18.7. The highest BCUT2D eigenvalue weighted by Crippen LogP contribution is 2.70. The van der Waals surface area contributed by atoms with Gasteiger partial charge in [-0.25, -0.2) is 0 Å². The Bertz CT molecular complexity index is 1000. The summed E-state index contributed by atoms with van der Waals surface area (Å²) in [4.78, 5) is 12.7. The van der Waals surface area contributed by atoms with Crippen molar-refractivity contribution in [3.8, 4) is 5.75 Å². The first kappa shape index (κ1) is 20.8. The van der Waals surface area contributed by atoms with E-state index in [0.717, 1.165) is 35.6 Å². The van der Waals surface area contributed by atoms with E-state index in [1.807, 2.05) is 24.3 Å². The Kier molecular flexibility index (Phi) is 5.02. The molecule has 3 fully saturated rings. The number of phenolic OH excluding ortho intramolecular Hbond substituents is 1. The van der Waals surface area contributed by atoms with E-state index in [0.29, 0.717) is 37.2 Å². The third-order valence-corrected chi connectivity index (χ3v) is 8.58. The Morgan fingerprint density at radius 2 is 2.00 bits per heavy atom. The highest BCUT2D eigenvalue weighted by molar-refractivity contribution is 5.91. The van der Waals surface area contributed by atoms with Crippen LogP contribution in [0.4, 0.5) is 0 Å². The summed E-state index contributed by atoms with van der Waals surface area (Å²) < 4.78 is 11.6. The van der Waals surface area contributed by atoms with Gasteiger partial charge in [-0.1, -0.05) is 44.2 Å². The minimum Gasteiger partial charge on any atom is -0.507 e. The molecule has 166 valence electrons. The largest absolute Gasteiger partial charge is 0.507 e. The van der Waals surface area contributed by atoms with E-state index in [1.165, 1.54) is 0 Å². The highest BCUT2D eigenvalue weighted by atomic mass is 16.5. The Morgan fingerprint density at radius 1 is 1.23 bits per heavy atom. The average molecular weight is 424 g/mol. The van der Waals surface area contributed by atoms with Crippen molar-refractivity contribution < 1.29 is 19.4 Å². The summed E-state index contributed by atoms with van der Waals surface area (Å²) in [6.45, 7) is 5.79. The van der Waals surface area contributed by atoms with Gasteiger partial charge in [0.15, 0.2) is 0 Å². The summed E-state index contributed by atoms with van der Waals surface area (Å²) in [5.74, 6) is 1.32. The first-order valence-corrected chi connectivity index (χ1v) is 11.5. The third kappa shape index (κ3) is 3.08. The lowest BCUT2D eigenvalue weighted by atomic mass is 9.58. The third-order valence-electron chi connectivity index (χ3n) is 8.58. The van der Waals surface area contributed by atoms with Crippen LogP contribution in [0.2, 0.25) is 0 Å². The van der Waals surface area contributed by atoms with Crippen molar-refractivity contribution in [2.24, 2.45) is 22.7 Å². The van der Waals surface area contributed by atoms with Gasteiger partial charge in [0.25, 0.3) is 0 Å². The predicted octanol–water partition coefficient (Wildman–Crippen LogP) is 4.58. The summed E-state index contributed by atoms with van der Waals surface area (Å²) in [6, 6.07) is 12.0. The van der Waals surface area contributed by atoms with Crippen LogP contribution in [-0.2, 0) is 14.3 Å². The molecule has 5 nitrogen and oxygen atoms in total. The van der Waals surface area contributed by atoms with Gasteiger partial charge in [0.1, 0.15) is 5.75 Å². The second-order valence-electron chi connectivity index (χ2n) is 10.3. The van der Waals surface area contributed by atoms with Crippen molar-refractivity contribution in [1.82, 2.24) is 5.32 Å². The van der Waals surface area contributed by atoms with Gasteiger partial charge in [0.2, 0.25) is 5.91 Å². The van der Waals surface area contributed by atoms with Gasteiger partial charge < -0.3 is 19.9 Å². The maximum absolute atomic E-state index is 12.7. The SMILES string of the molecule is COCCC(=O)N[C@H]1C(C)(C)[C@@H]2C[C@@H]3[C@@H](c4ccc(O)c5ccccc45)OCCC31C2. The van der Waals surface area contributed by atoms with E-state index in [4.69, 9.17) is 9.47 Å². The second-order valence-corrected chi connectivity index (χ2v) is 10.3.